The smallest absolute Gasteiger partial charge is 0.287 e. The molecule has 0 bridgehead atoms. The highest BCUT2D eigenvalue weighted by molar-refractivity contribution is 7.71. The van der Waals surface area contributed by atoms with Crippen LogP contribution in [0.3, 0.4) is 0 Å². The minimum atomic E-state index is -0.257. The van der Waals surface area contributed by atoms with Crippen LogP contribution in [-0.4, -0.2) is 15.7 Å². The van der Waals surface area contributed by atoms with E-state index in [1.807, 2.05) is 13.0 Å². The molecule has 0 fully saturated rings. The lowest BCUT2D eigenvalue weighted by Gasteiger charge is -2.16. The van der Waals surface area contributed by atoms with E-state index in [1.54, 1.807) is 18.2 Å². The summed E-state index contributed by atoms with van der Waals surface area (Å²) >= 11 is 11.1. The van der Waals surface area contributed by atoms with Crippen LogP contribution in [0.2, 0.25) is 5.02 Å². The summed E-state index contributed by atoms with van der Waals surface area (Å²) < 4.78 is 12.7. The summed E-state index contributed by atoms with van der Waals surface area (Å²) in [4.78, 5) is 12.5. The number of hydrogen-bond donors (Lipinski definition) is 1. The third-order valence-electron chi connectivity index (χ3n) is 5.09. The molecule has 1 aromatic heterocycles. The average molecular weight is 444 g/mol. The van der Waals surface area contributed by atoms with Crippen molar-refractivity contribution in [1.29, 1.82) is 0 Å². The number of halogens is 1. The molecule has 0 atom stereocenters. The largest absolute Gasteiger partial charge is 0.484 e. The zero-order chi connectivity index (χ0) is 21.1. The van der Waals surface area contributed by atoms with Gasteiger partial charge in [-0.2, -0.15) is 0 Å². The molecule has 0 spiro atoms. The Morgan fingerprint density at radius 1 is 1.23 bits per heavy atom. The van der Waals surface area contributed by atoms with Crippen molar-refractivity contribution in [2.45, 2.75) is 45.8 Å². The lowest BCUT2D eigenvalue weighted by atomic mass is 9.92. The van der Waals surface area contributed by atoms with Gasteiger partial charge in [0.1, 0.15) is 12.3 Å². The number of aromatic nitrogens is 2. The third kappa shape index (κ3) is 4.91. The van der Waals surface area contributed by atoms with Gasteiger partial charge in [-0.15, -0.1) is 5.10 Å². The standard InChI is InChI=1S/C22H22ClN3O3S/c1-14-10-17(23)7-9-19(14)24-20(27)12-26-22(30)29-21(25-26)13-28-18-8-6-15-4-2-3-5-16(15)11-18/h6-11H,2-5,12-13H2,1H3,(H,24,27). The molecule has 0 aliphatic heterocycles. The van der Waals surface area contributed by atoms with E-state index >= 15 is 0 Å². The molecule has 1 heterocycles. The second-order valence-corrected chi connectivity index (χ2v) is 8.14. The molecule has 1 N–H and O–H groups in total. The predicted octanol–water partition coefficient (Wildman–Crippen LogP) is 5.26. The Bertz CT molecular complexity index is 1140. The van der Waals surface area contributed by atoms with Gasteiger partial charge in [0.15, 0.2) is 6.61 Å². The van der Waals surface area contributed by atoms with E-state index in [2.05, 4.69) is 22.5 Å². The van der Waals surface area contributed by atoms with Gasteiger partial charge in [-0.05, 0) is 91.8 Å². The normalized spacial score (nSPS) is 13.0. The molecule has 0 saturated heterocycles. The zero-order valence-electron chi connectivity index (χ0n) is 16.6. The van der Waals surface area contributed by atoms with Crippen molar-refractivity contribution in [3.63, 3.8) is 0 Å². The molecule has 1 aliphatic carbocycles. The van der Waals surface area contributed by atoms with E-state index in [4.69, 9.17) is 33.0 Å². The van der Waals surface area contributed by atoms with E-state index in [0.717, 1.165) is 24.2 Å². The fourth-order valence-electron chi connectivity index (χ4n) is 3.55. The number of ether oxygens (including phenoxy) is 1. The number of rotatable bonds is 6. The molecule has 2 aromatic carbocycles. The van der Waals surface area contributed by atoms with Crippen molar-refractivity contribution in [3.8, 4) is 5.75 Å². The summed E-state index contributed by atoms with van der Waals surface area (Å²) in [6.07, 6.45) is 4.68. The lowest BCUT2D eigenvalue weighted by Crippen LogP contribution is -2.20. The monoisotopic (exact) mass is 443 g/mol. The lowest BCUT2D eigenvalue weighted by molar-refractivity contribution is -0.117. The maximum atomic E-state index is 12.4. The van der Waals surface area contributed by atoms with E-state index < -0.39 is 0 Å². The minimum absolute atomic E-state index is 0.0523. The molecule has 1 amide bonds. The second-order valence-electron chi connectivity index (χ2n) is 7.35. The van der Waals surface area contributed by atoms with E-state index in [-0.39, 0.29) is 23.9 Å². The molecule has 0 radical (unpaired) electrons. The van der Waals surface area contributed by atoms with Crippen molar-refractivity contribution in [1.82, 2.24) is 9.78 Å². The Morgan fingerprint density at radius 2 is 2.03 bits per heavy atom. The van der Waals surface area contributed by atoms with Crippen LogP contribution in [0.25, 0.3) is 0 Å². The quantitative estimate of drug-likeness (QED) is 0.526. The van der Waals surface area contributed by atoms with Crippen LogP contribution in [0.5, 0.6) is 5.75 Å². The maximum Gasteiger partial charge on any atom is 0.287 e. The number of anilines is 1. The molecule has 3 aromatic rings. The number of aryl methyl sites for hydroxylation is 3. The SMILES string of the molecule is Cc1cc(Cl)ccc1NC(=O)Cn1nc(COc2ccc3c(c2)CCCC3)oc1=S. The number of carbonyl (C=O) groups is 1. The first-order chi connectivity index (χ1) is 14.5. The summed E-state index contributed by atoms with van der Waals surface area (Å²) in [6, 6.07) is 11.5. The van der Waals surface area contributed by atoms with Crippen molar-refractivity contribution >= 4 is 35.4 Å². The van der Waals surface area contributed by atoms with Crippen molar-refractivity contribution in [2.75, 3.05) is 5.32 Å². The Labute approximate surface area is 184 Å². The Balaban J connectivity index is 1.37. The second kappa shape index (κ2) is 9.02. The fourth-order valence-corrected chi connectivity index (χ4v) is 3.97. The molecule has 156 valence electrons. The maximum absolute atomic E-state index is 12.4. The van der Waals surface area contributed by atoms with Gasteiger partial charge < -0.3 is 14.5 Å². The number of carbonyl (C=O) groups excluding carboxylic acids is 1. The molecule has 0 saturated carbocycles. The van der Waals surface area contributed by atoms with E-state index in [1.165, 1.54) is 28.7 Å². The number of amides is 1. The van der Waals surface area contributed by atoms with Gasteiger partial charge >= 0.3 is 0 Å². The van der Waals surface area contributed by atoms with Gasteiger partial charge in [0.2, 0.25) is 5.91 Å². The zero-order valence-corrected chi connectivity index (χ0v) is 18.2. The first kappa shape index (κ1) is 20.6. The van der Waals surface area contributed by atoms with Gasteiger partial charge in [0, 0.05) is 10.7 Å². The van der Waals surface area contributed by atoms with Gasteiger partial charge in [-0.25, -0.2) is 4.68 Å². The number of fused-ring (bicyclic) bond motifs is 1. The highest BCUT2D eigenvalue weighted by Gasteiger charge is 2.13. The molecule has 1 aliphatic rings. The highest BCUT2D eigenvalue weighted by Crippen LogP contribution is 2.26. The first-order valence-electron chi connectivity index (χ1n) is 9.85. The molecule has 8 heteroatoms. The molecule has 0 unspecified atom stereocenters. The summed E-state index contributed by atoms with van der Waals surface area (Å²) in [5.41, 5.74) is 4.31. The Hall–Kier alpha value is -2.64. The summed E-state index contributed by atoms with van der Waals surface area (Å²) in [7, 11) is 0. The summed E-state index contributed by atoms with van der Waals surface area (Å²) in [5, 5.41) is 7.72. The van der Waals surface area contributed by atoms with Gasteiger partial charge in [-0.1, -0.05) is 17.7 Å². The Morgan fingerprint density at radius 3 is 2.83 bits per heavy atom. The van der Waals surface area contributed by atoms with Crippen molar-refractivity contribution in [3.05, 3.63) is 68.8 Å². The average Bonchev–Trinajstić information content (AvgIpc) is 3.07. The molecule has 6 nitrogen and oxygen atoms in total. The predicted molar refractivity (Wildman–Crippen MR) is 118 cm³/mol. The molecule has 4 rings (SSSR count). The Kier molecular flexibility index (Phi) is 6.20. The van der Waals surface area contributed by atoms with Crippen LogP contribution >= 0.6 is 23.8 Å². The van der Waals surface area contributed by atoms with Gasteiger partial charge in [0.25, 0.3) is 10.7 Å². The van der Waals surface area contributed by atoms with Crippen LogP contribution in [-0.2, 0) is 30.8 Å². The first-order valence-corrected chi connectivity index (χ1v) is 10.6. The molecular formula is C22H22ClN3O3S. The number of benzene rings is 2. The summed E-state index contributed by atoms with van der Waals surface area (Å²) in [6.45, 7) is 1.97. The molecule has 30 heavy (non-hydrogen) atoms. The fraction of sp³-hybridized carbons (Fsp3) is 0.318. The van der Waals surface area contributed by atoms with Gasteiger partial charge in [-0.3, -0.25) is 4.79 Å². The van der Waals surface area contributed by atoms with Crippen LogP contribution in [0.1, 0.15) is 35.4 Å². The number of nitrogens with one attached hydrogen (secondary N) is 1. The van der Waals surface area contributed by atoms with Crippen molar-refractivity contribution in [2.24, 2.45) is 0 Å². The van der Waals surface area contributed by atoms with Crippen LogP contribution in [0, 0.1) is 11.8 Å². The number of nitrogens with zero attached hydrogens (tertiary/aromatic N) is 2. The summed E-state index contributed by atoms with van der Waals surface area (Å²) in [5.74, 6) is 0.849. The van der Waals surface area contributed by atoms with E-state index in [0.29, 0.717) is 16.6 Å². The highest BCUT2D eigenvalue weighted by atomic mass is 35.5. The minimum Gasteiger partial charge on any atom is -0.484 e. The van der Waals surface area contributed by atoms with E-state index in [9.17, 15) is 4.79 Å². The third-order valence-corrected chi connectivity index (χ3v) is 5.62. The van der Waals surface area contributed by atoms with Gasteiger partial charge in [0.05, 0.1) is 0 Å². The van der Waals surface area contributed by atoms with Crippen LogP contribution in [0.15, 0.2) is 40.8 Å². The van der Waals surface area contributed by atoms with Crippen LogP contribution in [0.4, 0.5) is 5.69 Å². The van der Waals surface area contributed by atoms with Crippen molar-refractivity contribution < 1.29 is 13.9 Å². The number of hydrogen-bond acceptors (Lipinski definition) is 5. The van der Waals surface area contributed by atoms with Crippen LogP contribution < -0.4 is 10.1 Å². The molecular weight excluding hydrogens is 422 g/mol. The topological polar surface area (TPSA) is 69.3 Å².